The Morgan fingerprint density at radius 2 is 2.00 bits per heavy atom. The van der Waals surface area contributed by atoms with Gasteiger partial charge in [-0.3, -0.25) is 9.69 Å². The number of halogens is 2. The molecule has 0 radical (unpaired) electrons. The van der Waals surface area contributed by atoms with Gasteiger partial charge in [-0.25, -0.2) is 14.2 Å². The lowest BCUT2D eigenvalue weighted by Crippen LogP contribution is -2.48. The number of nitrogens with one attached hydrogen (secondary N) is 1. The van der Waals surface area contributed by atoms with Crippen LogP contribution >= 0.6 is 22.9 Å². The number of piperazine rings is 1. The highest BCUT2D eigenvalue weighted by molar-refractivity contribution is 7.18. The van der Waals surface area contributed by atoms with Crippen molar-refractivity contribution in [2.24, 2.45) is 0 Å². The Morgan fingerprint density at radius 3 is 2.67 bits per heavy atom. The molecular formula is C17H18ClFN4O3S. The number of hydrogen-bond donors (Lipinski definition) is 1. The fourth-order valence-corrected chi connectivity index (χ4v) is 3.95. The van der Waals surface area contributed by atoms with Crippen molar-refractivity contribution in [2.75, 3.05) is 50.1 Å². The molecule has 1 fully saturated rings. The van der Waals surface area contributed by atoms with Gasteiger partial charge in [0.15, 0.2) is 15.2 Å². The van der Waals surface area contributed by atoms with Gasteiger partial charge in [-0.2, -0.15) is 0 Å². The summed E-state index contributed by atoms with van der Waals surface area (Å²) in [6, 6.07) is 6.06. The lowest BCUT2D eigenvalue weighted by atomic mass is 10.3. The topological polar surface area (TPSA) is 74.8 Å². The van der Waals surface area contributed by atoms with Gasteiger partial charge in [0.1, 0.15) is 5.82 Å². The highest BCUT2D eigenvalue weighted by atomic mass is 35.5. The van der Waals surface area contributed by atoms with Crippen LogP contribution in [0.3, 0.4) is 0 Å². The van der Waals surface area contributed by atoms with Crippen molar-refractivity contribution in [1.29, 1.82) is 0 Å². The number of nitrogens with zero attached hydrogens (tertiary/aromatic N) is 3. The van der Waals surface area contributed by atoms with Crippen LogP contribution in [0, 0.1) is 5.82 Å². The van der Waals surface area contributed by atoms with Crippen LogP contribution in [-0.4, -0.2) is 61.6 Å². The molecule has 3 rings (SSSR count). The van der Waals surface area contributed by atoms with Crippen LogP contribution in [0.1, 0.15) is 9.67 Å². The van der Waals surface area contributed by atoms with Gasteiger partial charge in [0.25, 0.3) is 0 Å². The second-order valence-corrected chi connectivity index (χ2v) is 7.23. The molecule has 10 heteroatoms. The molecule has 1 aromatic heterocycles. The molecule has 0 saturated carbocycles. The Morgan fingerprint density at radius 1 is 1.30 bits per heavy atom. The summed E-state index contributed by atoms with van der Waals surface area (Å²) in [6.45, 7) is 2.72. The quantitative estimate of drug-likeness (QED) is 0.760. The van der Waals surface area contributed by atoms with Crippen LogP contribution in [0.5, 0.6) is 0 Å². The first kappa shape index (κ1) is 19.5. The minimum Gasteiger partial charge on any atom is -0.465 e. The summed E-state index contributed by atoms with van der Waals surface area (Å²) >= 11 is 7.19. The standard InChI is InChI=1S/C17H18ClFN4O3S/c1-26-16(25)14-15(18)21-17(27-14)23-8-6-22(7-9-23)10-13(24)20-12-5-3-2-4-11(12)19/h2-5H,6-10H2,1H3,(H,20,24). The second-order valence-electron chi connectivity index (χ2n) is 5.90. The van der Waals surface area contributed by atoms with Gasteiger partial charge in [-0.05, 0) is 12.1 Å². The summed E-state index contributed by atoms with van der Waals surface area (Å²) in [4.78, 5) is 32.3. The molecular weight excluding hydrogens is 395 g/mol. The smallest absolute Gasteiger partial charge is 0.351 e. The average molecular weight is 413 g/mol. The van der Waals surface area contributed by atoms with E-state index in [1.807, 2.05) is 9.80 Å². The number of methoxy groups -OCH3 is 1. The maximum atomic E-state index is 13.6. The number of ether oxygens (including phenoxy) is 1. The fourth-order valence-electron chi connectivity index (χ4n) is 2.70. The number of aromatic nitrogens is 1. The summed E-state index contributed by atoms with van der Waals surface area (Å²) in [7, 11) is 1.29. The predicted octanol–water partition coefficient (Wildman–Crippen LogP) is 2.48. The maximum absolute atomic E-state index is 13.6. The van der Waals surface area contributed by atoms with E-state index in [-0.39, 0.29) is 28.2 Å². The van der Waals surface area contributed by atoms with Crippen molar-refractivity contribution < 1.29 is 18.7 Å². The first-order chi connectivity index (χ1) is 13.0. The first-order valence-corrected chi connectivity index (χ1v) is 9.43. The molecule has 1 aliphatic heterocycles. The molecule has 1 aliphatic rings. The molecule has 0 spiro atoms. The molecule has 0 aliphatic carbocycles. The molecule has 1 saturated heterocycles. The minimum atomic E-state index is -0.507. The van der Waals surface area contributed by atoms with Crippen molar-refractivity contribution >= 4 is 45.6 Å². The maximum Gasteiger partial charge on any atom is 0.351 e. The Hall–Kier alpha value is -2.23. The molecule has 144 valence electrons. The Bertz CT molecular complexity index is 839. The largest absolute Gasteiger partial charge is 0.465 e. The molecule has 0 atom stereocenters. The minimum absolute atomic E-state index is 0.133. The van der Waals surface area contributed by atoms with E-state index in [1.54, 1.807) is 12.1 Å². The molecule has 1 amide bonds. The van der Waals surface area contributed by atoms with E-state index in [0.717, 1.165) is 0 Å². The van der Waals surface area contributed by atoms with E-state index < -0.39 is 11.8 Å². The van der Waals surface area contributed by atoms with Gasteiger partial charge in [-0.15, -0.1) is 0 Å². The lowest BCUT2D eigenvalue weighted by molar-refractivity contribution is -0.117. The monoisotopic (exact) mass is 412 g/mol. The van der Waals surface area contributed by atoms with Gasteiger partial charge < -0.3 is 15.0 Å². The van der Waals surface area contributed by atoms with Gasteiger partial charge in [0.2, 0.25) is 5.91 Å². The van der Waals surface area contributed by atoms with E-state index >= 15 is 0 Å². The zero-order valence-corrected chi connectivity index (χ0v) is 16.1. The predicted molar refractivity (Wildman–Crippen MR) is 102 cm³/mol. The van der Waals surface area contributed by atoms with Crippen molar-refractivity contribution in [3.63, 3.8) is 0 Å². The van der Waals surface area contributed by atoms with Crippen molar-refractivity contribution in [3.05, 3.63) is 40.1 Å². The molecule has 7 nitrogen and oxygen atoms in total. The summed E-state index contributed by atoms with van der Waals surface area (Å²) in [5.74, 6) is -1.23. The zero-order valence-electron chi connectivity index (χ0n) is 14.6. The summed E-state index contributed by atoms with van der Waals surface area (Å²) in [6.07, 6.45) is 0. The fraction of sp³-hybridized carbons (Fsp3) is 0.353. The molecule has 1 aromatic carbocycles. The number of thiazole rings is 1. The molecule has 0 unspecified atom stereocenters. The number of anilines is 2. The SMILES string of the molecule is COC(=O)c1sc(N2CCN(CC(=O)Nc3ccccc3F)CC2)nc1Cl. The van der Waals surface area contributed by atoms with Gasteiger partial charge in [0, 0.05) is 26.2 Å². The van der Waals surface area contributed by atoms with Gasteiger partial charge in [0.05, 0.1) is 19.3 Å². The molecule has 0 bridgehead atoms. The zero-order chi connectivity index (χ0) is 19.4. The number of benzene rings is 1. The summed E-state index contributed by atoms with van der Waals surface area (Å²) in [5, 5.41) is 3.36. The van der Waals surface area contributed by atoms with Crippen LogP contribution in [0.15, 0.2) is 24.3 Å². The van der Waals surface area contributed by atoms with Crippen LogP contribution in [0.25, 0.3) is 0 Å². The van der Waals surface area contributed by atoms with Gasteiger partial charge >= 0.3 is 5.97 Å². The highest BCUT2D eigenvalue weighted by Gasteiger charge is 2.24. The number of esters is 1. The number of rotatable bonds is 5. The Kier molecular flexibility index (Phi) is 6.25. The lowest BCUT2D eigenvalue weighted by Gasteiger charge is -2.34. The van der Waals surface area contributed by atoms with Gasteiger partial charge in [-0.1, -0.05) is 35.1 Å². The molecule has 2 heterocycles. The Balaban J connectivity index is 1.52. The summed E-state index contributed by atoms with van der Waals surface area (Å²) < 4.78 is 18.3. The van der Waals surface area contributed by atoms with E-state index in [9.17, 15) is 14.0 Å². The van der Waals surface area contributed by atoms with Crippen molar-refractivity contribution in [3.8, 4) is 0 Å². The third-order valence-electron chi connectivity index (χ3n) is 4.10. The number of amides is 1. The van der Waals surface area contributed by atoms with Crippen molar-refractivity contribution in [2.45, 2.75) is 0 Å². The number of carbonyl (C=O) groups excluding carboxylic acids is 2. The molecule has 1 N–H and O–H groups in total. The van der Waals surface area contributed by atoms with Crippen LogP contribution in [-0.2, 0) is 9.53 Å². The van der Waals surface area contributed by atoms with Crippen LogP contribution in [0.4, 0.5) is 15.2 Å². The summed E-state index contributed by atoms with van der Waals surface area (Å²) in [5.41, 5.74) is 0.175. The van der Waals surface area contributed by atoms with E-state index in [1.165, 1.54) is 30.6 Å². The Labute approximate surface area is 164 Å². The van der Waals surface area contributed by atoms with E-state index in [0.29, 0.717) is 31.3 Å². The molecule has 27 heavy (non-hydrogen) atoms. The van der Waals surface area contributed by atoms with Crippen LogP contribution < -0.4 is 10.2 Å². The number of carbonyl (C=O) groups is 2. The van der Waals surface area contributed by atoms with Crippen molar-refractivity contribution in [1.82, 2.24) is 9.88 Å². The van der Waals surface area contributed by atoms with E-state index in [2.05, 4.69) is 15.0 Å². The number of hydrogen-bond acceptors (Lipinski definition) is 7. The van der Waals surface area contributed by atoms with Crippen LogP contribution in [0.2, 0.25) is 5.15 Å². The highest BCUT2D eigenvalue weighted by Crippen LogP contribution is 2.30. The number of para-hydroxylation sites is 1. The van der Waals surface area contributed by atoms with E-state index in [4.69, 9.17) is 11.6 Å². The second kappa shape index (κ2) is 8.64. The normalized spacial score (nSPS) is 14.9. The first-order valence-electron chi connectivity index (χ1n) is 8.24. The average Bonchev–Trinajstić information content (AvgIpc) is 3.05. The molecule has 2 aromatic rings. The third kappa shape index (κ3) is 4.74. The third-order valence-corrected chi connectivity index (χ3v) is 5.59.